The summed E-state index contributed by atoms with van der Waals surface area (Å²) in [6, 6.07) is 24.0. The van der Waals surface area contributed by atoms with Crippen molar-refractivity contribution in [1.82, 2.24) is 4.90 Å². The van der Waals surface area contributed by atoms with Gasteiger partial charge in [0.05, 0.1) is 31.0 Å². The van der Waals surface area contributed by atoms with Gasteiger partial charge in [0.25, 0.3) is 0 Å². The normalized spacial score (nSPS) is 24.2. The number of hydrogen-bond donors (Lipinski definition) is 1. The van der Waals surface area contributed by atoms with Crippen molar-refractivity contribution >= 4 is 5.71 Å². The van der Waals surface area contributed by atoms with Crippen LogP contribution in [-0.2, 0) is 6.54 Å². The molecule has 1 fully saturated rings. The molecule has 1 aliphatic heterocycles. The first-order chi connectivity index (χ1) is 15.6. The highest BCUT2D eigenvalue weighted by Gasteiger charge is 2.57. The number of nitrogens with zero attached hydrogens (tertiary/aromatic N) is 4. The Kier molecular flexibility index (Phi) is 5.78. The van der Waals surface area contributed by atoms with Gasteiger partial charge in [0.1, 0.15) is 11.7 Å². The van der Waals surface area contributed by atoms with Crippen LogP contribution in [0.4, 0.5) is 0 Å². The molecular weight excluding hydrogens is 398 g/mol. The van der Waals surface area contributed by atoms with E-state index in [4.69, 9.17) is 10.1 Å². The number of rotatable bonds is 4. The summed E-state index contributed by atoms with van der Waals surface area (Å²) in [5, 5.41) is 39.0. The fourth-order valence-corrected chi connectivity index (χ4v) is 5.05. The zero-order chi connectivity index (χ0) is 22.7. The molecule has 2 aliphatic rings. The summed E-state index contributed by atoms with van der Waals surface area (Å²) < 4.78 is 5.39. The van der Waals surface area contributed by atoms with E-state index in [1.807, 2.05) is 48.5 Å². The summed E-state index contributed by atoms with van der Waals surface area (Å²) in [4.78, 5) is 2.26. The molecule has 0 saturated heterocycles. The summed E-state index contributed by atoms with van der Waals surface area (Å²) in [7, 11) is 1.57. The van der Waals surface area contributed by atoms with Gasteiger partial charge in [-0.25, -0.2) is 0 Å². The van der Waals surface area contributed by atoms with E-state index < -0.39 is 17.3 Å². The third kappa shape index (κ3) is 3.44. The molecular formula is C26H23N5O. The molecule has 1 N–H and O–H groups in total. The lowest BCUT2D eigenvalue weighted by Crippen LogP contribution is -2.52. The van der Waals surface area contributed by atoms with E-state index >= 15 is 0 Å². The number of nitrogens with one attached hydrogen (secondary N) is 1. The van der Waals surface area contributed by atoms with Gasteiger partial charge in [-0.1, -0.05) is 48.5 Å². The van der Waals surface area contributed by atoms with E-state index in [-0.39, 0.29) is 11.6 Å². The van der Waals surface area contributed by atoms with Crippen LogP contribution < -0.4 is 4.74 Å². The largest absolute Gasteiger partial charge is 0.497 e. The third-order valence-corrected chi connectivity index (χ3v) is 6.57. The topological polar surface area (TPSA) is 108 Å². The predicted molar refractivity (Wildman–Crippen MR) is 120 cm³/mol. The van der Waals surface area contributed by atoms with Crippen LogP contribution in [0.1, 0.15) is 17.0 Å². The van der Waals surface area contributed by atoms with E-state index in [0.717, 1.165) is 17.7 Å². The Bertz CT molecular complexity index is 1170. The molecule has 0 amide bonds. The molecule has 1 heterocycles. The molecule has 0 unspecified atom stereocenters. The van der Waals surface area contributed by atoms with Crippen LogP contribution in [0.2, 0.25) is 0 Å². The molecule has 32 heavy (non-hydrogen) atoms. The van der Waals surface area contributed by atoms with Gasteiger partial charge in [-0.2, -0.15) is 15.8 Å². The lowest BCUT2D eigenvalue weighted by molar-refractivity contribution is 0.198. The smallest absolute Gasteiger partial charge is 0.189 e. The molecule has 2 aromatic rings. The minimum atomic E-state index is -1.72. The van der Waals surface area contributed by atoms with Crippen molar-refractivity contribution in [1.29, 1.82) is 21.2 Å². The van der Waals surface area contributed by atoms with Crippen molar-refractivity contribution in [3.63, 3.8) is 0 Å². The van der Waals surface area contributed by atoms with E-state index in [1.165, 1.54) is 5.56 Å². The monoisotopic (exact) mass is 421 g/mol. The zero-order valence-electron chi connectivity index (χ0n) is 17.8. The van der Waals surface area contributed by atoms with Gasteiger partial charge < -0.3 is 10.1 Å². The maximum absolute atomic E-state index is 10.2. The highest BCUT2D eigenvalue weighted by atomic mass is 16.5. The maximum Gasteiger partial charge on any atom is 0.189 e. The molecule has 0 radical (unpaired) electrons. The van der Waals surface area contributed by atoms with Crippen LogP contribution in [0.25, 0.3) is 0 Å². The van der Waals surface area contributed by atoms with Crippen LogP contribution in [0.15, 0.2) is 66.2 Å². The number of methoxy groups -OCH3 is 1. The lowest BCUT2D eigenvalue weighted by atomic mass is 9.54. The molecule has 6 heteroatoms. The fourth-order valence-electron chi connectivity index (χ4n) is 5.05. The Labute approximate surface area is 188 Å². The Morgan fingerprint density at radius 3 is 2.50 bits per heavy atom. The molecule has 158 valence electrons. The van der Waals surface area contributed by atoms with Crippen molar-refractivity contribution in [2.75, 3.05) is 20.2 Å². The predicted octanol–water partition coefficient (Wildman–Crippen LogP) is 4.04. The number of fused-ring (bicyclic) bond motifs is 1. The second-order valence-electron chi connectivity index (χ2n) is 8.25. The van der Waals surface area contributed by atoms with Crippen LogP contribution >= 0.6 is 0 Å². The van der Waals surface area contributed by atoms with Gasteiger partial charge in [-0.05, 0) is 28.8 Å². The quantitative estimate of drug-likeness (QED) is 0.750. The Morgan fingerprint density at radius 1 is 1.09 bits per heavy atom. The van der Waals surface area contributed by atoms with Gasteiger partial charge in [-0.3, -0.25) is 4.90 Å². The summed E-state index contributed by atoms with van der Waals surface area (Å²) in [5.74, 6) is -1.05. The van der Waals surface area contributed by atoms with E-state index in [2.05, 4.69) is 35.2 Å². The first-order valence-electron chi connectivity index (χ1n) is 10.5. The first kappa shape index (κ1) is 21.3. The SMILES string of the molecule is COc1cccc([C@H]2[C@@H]3CN(Cc4ccccc4)CC=C3[C@@H](C#N)C(=N)C2(C#N)C#N)c1. The molecule has 4 rings (SSSR count). The van der Waals surface area contributed by atoms with E-state index in [0.29, 0.717) is 18.8 Å². The Morgan fingerprint density at radius 2 is 1.84 bits per heavy atom. The third-order valence-electron chi connectivity index (χ3n) is 6.57. The number of ether oxygens (including phenoxy) is 1. The Balaban J connectivity index is 1.82. The molecule has 0 bridgehead atoms. The highest BCUT2D eigenvalue weighted by Crippen LogP contribution is 2.53. The maximum atomic E-state index is 10.2. The van der Waals surface area contributed by atoms with E-state index in [1.54, 1.807) is 7.11 Å². The van der Waals surface area contributed by atoms with Gasteiger partial charge >= 0.3 is 0 Å². The van der Waals surface area contributed by atoms with Crippen molar-refractivity contribution in [3.8, 4) is 24.0 Å². The summed E-state index contributed by atoms with van der Waals surface area (Å²) >= 11 is 0. The minimum Gasteiger partial charge on any atom is -0.497 e. The first-order valence-corrected chi connectivity index (χ1v) is 10.5. The summed E-state index contributed by atoms with van der Waals surface area (Å²) in [6.07, 6.45) is 2.02. The highest BCUT2D eigenvalue weighted by molar-refractivity contribution is 6.00. The molecule has 0 aromatic heterocycles. The second-order valence-corrected chi connectivity index (χ2v) is 8.25. The van der Waals surface area contributed by atoms with E-state index in [9.17, 15) is 15.8 Å². The number of benzene rings is 2. The number of nitriles is 3. The average molecular weight is 422 g/mol. The van der Waals surface area contributed by atoms with Gasteiger partial charge in [-0.15, -0.1) is 0 Å². The van der Waals surface area contributed by atoms with Crippen molar-refractivity contribution in [2.45, 2.75) is 12.5 Å². The van der Waals surface area contributed by atoms with Crippen molar-refractivity contribution < 1.29 is 4.74 Å². The van der Waals surface area contributed by atoms with Crippen LogP contribution in [0, 0.1) is 56.7 Å². The molecule has 1 aliphatic carbocycles. The van der Waals surface area contributed by atoms with Crippen molar-refractivity contribution in [2.24, 2.45) is 17.3 Å². The lowest BCUT2D eigenvalue weighted by Gasteiger charge is -2.47. The minimum absolute atomic E-state index is 0.128. The molecule has 6 nitrogen and oxygen atoms in total. The standard InChI is InChI=1S/C26H23N5O/c1-32-20-9-5-8-19(12-20)24-23-15-31(14-18-6-3-2-4-7-18)11-10-21(23)22(13-27)25(30)26(24,16-28)17-29/h2-10,12,22-24,30H,11,14-15H2,1H3/t22-,23-,24+/m1/s1. The Hall–Kier alpha value is -3.92. The molecule has 1 saturated carbocycles. The van der Waals surface area contributed by atoms with Crippen LogP contribution in [0.3, 0.4) is 0 Å². The zero-order valence-corrected chi connectivity index (χ0v) is 17.8. The number of hydrogen-bond acceptors (Lipinski definition) is 6. The average Bonchev–Trinajstić information content (AvgIpc) is 2.84. The molecule has 2 aromatic carbocycles. The van der Waals surface area contributed by atoms with Gasteiger partial charge in [0.2, 0.25) is 0 Å². The molecule has 0 spiro atoms. The van der Waals surface area contributed by atoms with Gasteiger partial charge in [0.15, 0.2) is 5.41 Å². The van der Waals surface area contributed by atoms with Crippen LogP contribution in [0.5, 0.6) is 5.75 Å². The second kappa shape index (κ2) is 8.67. The van der Waals surface area contributed by atoms with Gasteiger partial charge in [0, 0.05) is 31.5 Å². The molecule has 3 atom stereocenters. The van der Waals surface area contributed by atoms with Crippen LogP contribution in [-0.4, -0.2) is 30.8 Å². The summed E-state index contributed by atoms with van der Waals surface area (Å²) in [6.45, 7) is 1.98. The fraction of sp³-hybridized carbons (Fsp3) is 0.308. The van der Waals surface area contributed by atoms with Crippen molar-refractivity contribution in [3.05, 3.63) is 77.4 Å². The summed E-state index contributed by atoms with van der Waals surface area (Å²) in [5.41, 5.74) is 0.943.